The summed E-state index contributed by atoms with van der Waals surface area (Å²) < 4.78 is 0. The fourth-order valence-electron chi connectivity index (χ4n) is 1.37. The Balaban J connectivity index is 2.79. The molecule has 0 spiro atoms. The van der Waals surface area contributed by atoms with Gasteiger partial charge in [0, 0.05) is 12.4 Å². The second-order valence-corrected chi connectivity index (χ2v) is 2.74. The molecule has 12 heavy (non-hydrogen) atoms. The monoisotopic (exact) mass is 154 g/mol. The molecule has 1 heterocycles. The first-order valence-corrected chi connectivity index (χ1v) is 4.04. The molecule has 1 radical (unpaired) electrons. The first-order chi connectivity index (χ1) is 5.92. The van der Waals surface area contributed by atoms with E-state index in [0.717, 1.165) is 0 Å². The highest BCUT2D eigenvalue weighted by Crippen LogP contribution is 2.08. The van der Waals surface area contributed by atoms with Gasteiger partial charge in [0.1, 0.15) is 0 Å². The van der Waals surface area contributed by atoms with E-state index in [4.69, 9.17) is 0 Å². The maximum atomic E-state index is 4.15. The van der Waals surface area contributed by atoms with Crippen molar-refractivity contribution in [2.45, 2.75) is 6.82 Å². The van der Waals surface area contributed by atoms with Crippen LogP contribution in [0.2, 0.25) is 6.82 Å². The number of benzene rings is 1. The summed E-state index contributed by atoms with van der Waals surface area (Å²) in [5.41, 5.74) is 1.20. The van der Waals surface area contributed by atoms with Gasteiger partial charge in [-0.25, -0.2) is 0 Å². The minimum absolute atomic E-state index is 1.20. The van der Waals surface area contributed by atoms with Crippen LogP contribution in [0.4, 0.5) is 0 Å². The molecule has 2 heteroatoms. The summed E-state index contributed by atoms with van der Waals surface area (Å²) in [6, 6.07) is 8.28. The predicted molar refractivity (Wildman–Crippen MR) is 53.0 cm³/mol. The van der Waals surface area contributed by atoms with Crippen LogP contribution in [0.1, 0.15) is 0 Å². The van der Waals surface area contributed by atoms with E-state index < -0.39 is 0 Å². The molecule has 0 atom stereocenters. The van der Waals surface area contributed by atoms with Crippen molar-refractivity contribution >= 4 is 23.5 Å². The molecule has 0 unspecified atom stereocenters. The molecule has 1 aromatic heterocycles. The van der Waals surface area contributed by atoms with Crippen LogP contribution in [0.3, 0.4) is 0 Å². The summed E-state index contributed by atoms with van der Waals surface area (Å²) in [5.74, 6) is 0. The molecule has 0 N–H and O–H groups in total. The number of nitrogens with zero attached hydrogens (tertiary/aromatic N) is 1. The van der Waals surface area contributed by atoms with E-state index in [1.807, 2.05) is 25.3 Å². The molecule has 0 saturated heterocycles. The Morgan fingerprint density at radius 3 is 2.83 bits per heavy atom. The lowest BCUT2D eigenvalue weighted by atomic mass is 9.72. The fraction of sp³-hybridized carbons (Fsp3) is 0.100. The van der Waals surface area contributed by atoms with Crippen molar-refractivity contribution < 1.29 is 0 Å². The second-order valence-electron chi connectivity index (χ2n) is 2.74. The lowest BCUT2D eigenvalue weighted by Gasteiger charge is -2.01. The highest BCUT2D eigenvalue weighted by atomic mass is 14.6. The van der Waals surface area contributed by atoms with Crippen LogP contribution in [0.15, 0.2) is 36.7 Å². The molecule has 57 valence electrons. The van der Waals surface area contributed by atoms with E-state index in [2.05, 4.69) is 30.5 Å². The minimum Gasteiger partial charge on any atom is -0.265 e. The van der Waals surface area contributed by atoms with Gasteiger partial charge in [0.15, 0.2) is 7.28 Å². The summed E-state index contributed by atoms with van der Waals surface area (Å²) in [7, 11) is 2.08. The lowest BCUT2D eigenvalue weighted by Crippen LogP contribution is -2.11. The second kappa shape index (κ2) is 2.98. The Morgan fingerprint density at radius 2 is 2.00 bits per heavy atom. The summed E-state index contributed by atoms with van der Waals surface area (Å²) in [5, 5.41) is 2.48. The molecular formula is C10H9BN. The number of hydrogen-bond acceptors (Lipinski definition) is 1. The molecule has 1 nitrogen and oxygen atoms in total. The SMILES string of the molecule is C[B]c1cncc2ccccc12. The third-order valence-corrected chi connectivity index (χ3v) is 2.01. The van der Waals surface area contributed by atoms with E-state index >= 15 is 0 Å². The van der Waals surface area contributed by atoms with Crippen molar-refractivity contribution in [2.75, 3.05) is 0 Å². The molecule has 0 amide bonds. The van der Waals surface area contributed by atoms with Crippen molar-refractivity contribution in [2.24, 2.45) is 0 Å². The van der Waals surface area contributed by atoms with Gasteiger partial charge < -0.3 is 0 Å². The van der Waals surface area contributed by atoms with Crippen LogP contribution in [0.25, 0.3) is 10.8 Å². The zero-order valence-corrected chi connectivity index (χ0v) is 6.99. The maximum absolute atomic E-state index is 4.15. The largest absolute Gasteiger partial charge is 0.265 e. The van der Waals surface area contributed by atoms with E-state index in [0.29, 0.717) is 0 Å². The van der Waals surface area contributed by atoms with E-state index in [1.165, 1.54) is 16.2 Å². The van der Waals surface area contributed by atoms with Crippen molar-refractivity contribution in [3.05, 3.63) is 36.7 Å². The third kappa shape index (κ3) is 1.09. The Morgan fingerprint density at radius 1 is 1.17 bits per heavy atom. The van der Waals surface area contributed by atoms with Gasteiger partial charge >= 0.3 is 0 Å². The van der Waals surface area contributed by atoms with Crippen molar-refractivity contribution in [3.8, 4) is 0 Å². The topological polar surface area (TPSA) is 12.9 Å². The molecule has 2 rings (SSSR count). The summed E-state index contributed by atoms with van der Waals surface area (Å²) in [6.07, 6.45) is 3.78. The molecule has 0 aliphatic heterocycles. The van der Waals surface area contributed by atoms with E-state index in [-0.39, 0.29) is 0 Å². The number of rotatable bonds is 1. The lowest BCUT2D eigenvalue weighted by molar-refractivity contribution is 1.38. The normalized spacial score (nSPS) is 10.1. The van der Waals surface area contributed by atoms with Crippen LogP contribution in [0, 0.1) is 0 Å². The first kappa shape index (κ1) is 7.35. The summed E-state index contributed by atoms with van der Waals surface area (Å²) >= 11 is 0. The number of aromatic nitrogens is 1. The van der Waals surface area contributed by atoms with Crippen LogP contribution < -0.4 is 5.46 Å². The number of fused-ring (bicyclic) bond motifs is 1. The highest BCUT2D eigenvalue weighted by Gasteiger charge is 1.97. The number of pyridine rings is 1. The average Bonchev–Trinajstić information content (AvgIpc) is 2.17. The van der Waals surface area contributed by atoms with Crippen LogP contribution in [0.5, 0.6) is 0 Å². The maximum Gasteiger partial charge on any atom is 0.151 e. The Labute approximate surface area is 72.7 Å². The van der Waals surface area contributed by atoms with Gasteiger partial charge in [-0.15, -0.1) is 0 Å². The molecule has 0 saturated carbocycles. The molecule has 0 aliphatic rings. The van der Waals surface area contributed by atoms with Gasteiger partial charge in [-0.1, -0.05) is 36.6 Å². The first-order valence-electron chi connectivity index (χ1n) is 4.04. The van der Waals surface area contributed by atoms with E-state index in [9.17, 15) is 0 Å². The molecule has 1 aromatic carbocycles. The van der Waals surface area contributed by atoms with Crippen molar-refractivity contribution in [3.63, 3.8) is 0 Å². The highest BCUT2D eigenvalue weighted by molar-refractivity contribution is 6.55. The molecule has 2 aromatic rings. The van der Waals surface area contributed by atoms with Gasteiger partial charge in [0.2, 0.25) is 0 Å². The van der Waals surface area contributed by atoms with E-state index in [1.54, 1.807) is 0 Å². The van der Waals surface area contributed by atoms with Gasteiger partial charge in [-0.3, -0.25) is 4.98 Å². The van der Waals surface area contributed by atoms with Gasteiger partial charge in [-0.2, -0.15) is 0 Å². The summed E-state index contributed by atoms with van der Waals surface area (Å²) in [4.78, 5) is 4.15. The third-order valence-electron chi connectivity index (χ3n) is 2.01. The Kier molecular flexibility index (Phi) is 1.82. The zero-order chi connectivity index (χ0) is 8.39. The molecule has 0 fully saturated rings. The zero-order valence-electron chi connectivity index (χ0n) is 6.99. The quantitative estimate of drug-likeness (QED) is 0.568. The smallest absolute Gasteiger partial charge is 0.151 e. The van der Waals surface area contributed by atoms with Crippen LogP contribution in [-0.4, -0.2) is 12.3 Å². The van der Waals surface area contributed by atoms with Crippen LogP contribution in [-0.2, 0) is 0 Å². The Hall–Kier alpha value is -1.31. The van der Waals surface area contributed by atoms with Gasteiger partial charge in [-0.05, 0) is 10.8 Å². The minimum atomic E-state index is 1.20. The van der Waals surface area contributed by atoms with Crippen molar-refractivity contribution in [1.29, 1.82) is 0 Å². The molecule has 0 aliphatic carbocycles. The predicted octanol–water partition coefficient (Wildman–Crippen LogP) is 1.61. The molecule has 0 bridgehead atoms. The fourth-order valence-corrected chi connectivity index (χ4v) is 1.37. The van der Waals surface area contributed by atoms with Gasteiger partial charge in [0.25, 0.3) is 0 Å². The average molecular weight is 154 g/mol. The van der Waals surface area contributed by atoms with Crippen molar-refractivity contribution in [1.82, 2.24) is 4.98 Å². The summed E-state index contributed by atoms with van der Waals surface area (Å²) in [6.45, 7) is 2.03. The van der Waals surface area contributed by atoms with Crippen LogP contribution >= 0.6 is 0 Å². The Bertz CT molecular complexity index is 392. The number of hydrogen-bond donors (Lipinski definition) is 0. The standard InChI is InChI=1S/C10H9BN/c1-11-10-7-12-6-8-4-2-3-5-9(8)10/h2-7H,1H3. The van der Waals surface area contributed by atoms with Gasteiger partial charge in [0.05, 0.1) is 0 Å². The molecular weight excluding hydrogens is 145 g/mol.